The van der Waals surface area contributed by atoms with Crippen molar-refractivity contribution in [3.63, 3.8) is 0 Å². The van der Waals surface area contributed by atoms with Gasteiger partial charge in [0.25, 0.3) is 0 Å². The fourth-order valence-electron chi connectivity index (χ4n) is 3.13. The van der Waals surface area contributed by atoms with Gasteiger partial charge >= 0.3 is 0 Å². The van der Waals surface area contributed by atoms with E-state index in [2.05, 4.69) is 23.2 Å². The van der Waals surface area contributed by atoms with Gasteiger partial charge in [-0.05, 0) is 42.9 Å². The molecule has 2 fully saturated rings. The second kappa shape index (κ2) is 6.37. The summed E-state index contributed by atoms with van der Waals surface area (Å²) in [6.45, 7) is 4.86. The number of likely N-dealkylation sites (tertiary alicyclic amines) is 1. The van der Waals surface area contributed by atoms with E-state index in [1.807, 2.05) is 18.2 Å². The minimum Gasteiger partial charge on any atom is -0.342 e. The maximum absolute atomic E-state index is 12.1. The van der Waals surface area contributed by atoms with Crippen molar-refractivity contribution < 1.29 is 4.79 Å². The predicted molar refractivity (Wildman–Crippen MR) is 85.2 cm³/mol. The number of nitrogens with one attached hydrogen (secondary N) is 1. The number of amides is 1. The fourth-order valence-corrected chi connectivity index (χ4v) is 3.35. The highest BCUT2D eigenvalue weighted by atomic mass is 35.5. The smallest absolute Gasteiger partial charge is 0.225 e. The molecule has 1 saturated carbocycles. The van der Waals surface area contributed by atoms with Crippen LogP contribution in [0.4, 0.5) is 0 Å². The van der Waals surface area contributed by atoms with Crippen molar-refractivity contribution in [1.82, 2.24) is 10.2 Å². The lowest BCUT2D eigenvalue weighted by atomic mass is 9.93. The molecule has 1 saturated heterocycles. The van der Waals surface area contributed by atoms with Gasteiger partial charge in [0.2, 0.25) is 5.91 Å². The first kappa shape index (κ1) is 14.9. The highest BCUT2D eigenvalue weighted by Gasteiger charge is 2.36. The van der Waals surface area contributed by atoms with Crippen molar-refractivity contribution in [3.8, 4) is 0 Å². The molecule has 114 valence electrons. The van der Waals surface area contributed by atoms with Gasteiger partial charge in [0.15, 0.2) is 0 Å². The van der Waals surface area contributed by atoms with E-state index in [-0.39, 0.29) is 0 Å². The van der Waals surface area contributed by atoms with Gasteiger partial charge in [-0.1, -0.05) is 30.7 Å². The van der Waals surface area contributed by atoms with Crippen molar-refractivity contribution in [2.45, 2.75) is 38.8 Å². The summed E-state index contributed by atoms with van der Waals surface area (Å²) in [6.07, 6.45) is 3.24. The van der Waals surface area contributed by atoms with Gasteiger partial charge in [0, 0.05) is 36.6 Å². The third-order valence-corrected chi connectivity index (χ3v) is 4.84. The van der Waals surface area contributed by atoms with Crippen LogP contribution in [0.3, 0.4) is 0 Å². The van der Waals surface area contributed by atoms with Crippen LogP contribution in [0.25, 0.3) is 0 Å². The zero-order valence-electron chi connectivity index (χ0n) is 12.5. The number of piperidine rings is 1. The van der Waals surface area contributed by atoms with Crippen LogP contribution in [-0.4, -0.2) is 29.9 Å². The Morgan fingerprint density at radius 3 is 2.86 bits per heavy atom. The van der Waals surface area contributed by atoms with E-state index in [1.54, 1.807) is 0 Å². The topological polar surface area (TPSA) is 32.3 Å². The predicted octanol–water partition coefficient (Wildman–Crippen LogP) is 3.08. The molecular formula is C17H23ClN2O. The van der Waals surface area contributed by atoms with Gasteiger partial charge in [-0.3, -0.25) is 4.79 Å². The lowest BCUT2D eigenvalue weighted by Gasteiger charge is -2.37. The van der Waals surface area contributed by atoms with Crippen molar-refractivity contribution in [2.75, 3.05) is 13.1 Å². The molecule has 4 heteroatoms. The van der Waals surface area contributed by atoms with E-state index in [0.717, 1.165) is 43.9 Å². The molecule has 3 rings (SSSR count). The number of hydrogen-bond acceptors (Lipinski definition) is 2. The lowest BCUT2D eigenvalue weighted by molar-refractivity contribution is -0.134. The fraction of sp³-hybridized carbons (Fsp3) is 0.588. The van der Waals surface area contributed by atoms with Crippen molar-refractivity contribution in [3.05, 3.63) is 34.9 Å². The van der Waals surface area contributed by atoms with Gasteiger partial charge in [-0.15, -0.1) is 0 Å². The Hall–Kier alpha value is -1.06. The molecule has 1 aromatic rings. The molecule has 0 spiro atoms. The molecule has 2 aliphatic rings. The molecule has 0 bridgehead atoms. The summed E-state index contributed by atoms with van der Waals surface area (Å²) in [5.74, 6) is 1.23. The van der Waals surface area contributed by atoms with Crippen LogP contribution in [0.1, 0.15) is 31.7 Å². The van der Waals surface area contributed by atoms with Crippen LogP contribution in [0, 0.1) is 11.8 Å². The molecule has 0 radical (unpaired) electrons. The summed E-state index contributed by atoms with van der Waals surface area (Å²) in [7, 11) is 0. The Labute approximate surface area is 131 Å². The Kier molecular flexibility index (Phi) is 4.51. The summed E-state index contributed by atoms with van der Waals surface area (Å²) in [6, 6.07) is 8.46. The van der Waals surface area contributed by atoms with Gasteiger partial charge < -0.3 is 10.2 Å². The van der Waals surface area contributed by atoms with E-state index in [0.29, 0.717) is 23.8 Å². The standard InChI is InChI=1S/C17H23ClN2O/c1-12-11-20(17(21)14-5-6-14)8-7-16(12)19-10-13-3-2-4-15(18)9-13/h2-4,9,12,14,16,19H,5-8,10-11H2,1H3/t12-,16-/m1/s1. The quantitative estimate of drug-likeness (QED) is 0.927. The average molecular weight is 307 g/mol. The van der Waals surface area contributed by atoms with Gasteiger partial charge in [0.1, 0.15) is 0 Å². The van der Waals surface area contributed by atoms with Crippen LogP contribution in [-0.2, 0) is 11.3 Å². The third kappa shape index (κ3) is 3.78. The summed E-state index contributed by atoms with van der Waals surface area (Å²) >= 11 is 6.01. The van der Waals surface area contributed by atoms with Crippen LogP contribution in [0.5, 0.6) is 0 Å². The molecule has 1 aromatic carbocycles. The van der Waals surface area contributed by atoms with Gasteiger partial charge in [-0.25, -0.2) is 0 Å². The number of carbonyl (C=O) groups excluding carboxylic acids is 1. The molecule has 3 nitrogen and oxygen atoms in total. The van der Waals surface area contributed by atoms with Crippen LogP contribution < -0.4 is 5.32 Å². The normalized spacial score (nSPS) is 25.9. The molecule has 2 atom stereocenters. The second-order valence-corrected chi connectivity index (χ2v) is 6.88. The SMILES string of the molecule is C[C@@H]1CN(C(=O)C2CC2)CC[C@H]1NCc1cccc(Cl)c1. The average Bonchev–Trinajstić information content (AvgIpc) is 3.30. The molecule has 0 aromatic heterocycles. The van der Waals surface area contributed by atoms with Crippen LogP contribution >= 0.6 is 11.6 Å². The van der Waals surface area contributed by atoms with Crippen LogP contribution in [0.2, 0.25) is 5.02 Å². The summed E-state index contributed by atoms with van der Waals surface area (Å²) in [5.41, 5.74) is 1.21. The highest BCUT2D eigenvalue weighted by Crippen LogP contribution is 2.32. The Morgan fingerprint density at radius 1 is 1.38 bits per heavy atom. The van der Waals surface area contributed by atoms with Crippen molar-refractivity contribution in [1.29, 1.82) is 0 Å². The number of rotatable bonds is 4. The maximum Gasteiger partial charge on any atom is 0.225 e. The number of benzene rings is 1. The Morgan fingerprint density at radius 2 is 2.19 bits per heavy atom. The highest BCUT2D eigenvalue weighted by molar-refractivity contribution is 6.30. The number of hydrogen-bond donors (Lipinski definition) is 1. The Bertz CT molecular complexity index is 515. The monoisotopic (exact) mass is 306 g/mol. The Balaban J connectivity index is 1.50. The van der Waals surface area contributed by atoms with E-state index in [9.17, 15) is 4.79 Å². The molecule has 1 amide bonds. The van der Waals surface area contributed by atoms with E-state index >= 15 is 0 Å². The van der Waals surface area contributed by atoms with E-state index in [4.69, 9.17) is 11.6 Å². The minimum absolute atomic E-state index is 0.341. The molecule has 1 aliphatic carbocycles. The first-order valence-electron chi connectivity index (χ1n) is 7.90. The van der Waals surface area contributed by atoms with Crippen LogP contribution in [0.15, 0.2) is 24.3 Å². The number of halogens is 1. The van der Waals surface area contributed by atoms with Crippen molar-refractivity contribution in [2.24, 2.45) is 11.8 Å². The summed E-state index contributed by atoms with van der Waals surface area (Å²) < 4.78 is 0. The first-order chi connectivity index (χ1) is 10.1. The zero-order chi connectivity index (χ0) is 14.8. The van der Waals surface area contributed by atoms with Gasteiger partial charge in [-0.2, -0.15) is 0 Å². The molecular weight excluding hydrogens is 284 g/mol. The summed E-state index contributed by atoms with van der Waals surface area (Å²) in [4.78, 5) is 14.2. The molecule has 1 heterocycles. The molecule has 1 N–H and O–H groups in total. The molecule has 0 unspecified atom stereocenters. The minimum atomic E-state index is 0.341. The first-order valence-corrected chi connectivity index (χ1v) is 8.28. The number of nitrogens with zero attached hydrogens (tertiary/aromatic N) is 1. The largest absolute Gasteiger partial charge is 0.342 e. The molecule has 1 aliphatic heterocycles. The number of carbonyl (C=O) groups is 1. The van der Waals surface area contributed by atoms with E-state index < -0.39 is 0 Å². The third-order valence-electron chi connectivity index (χ3n) is 4.60. The zero-order valence-corrected chi connectivity index (χ0v) is 13.3. The summed E-state index contributed by atoms with van der Waals surface area (Å²) in [5, 5.41) is 4.41. The maximum atomic E-state index is 12.1. The van der Waals surface area contributed by atoms with Crippen molar-refractivity contribution >= 4 is 17.5 Å². The second-order valence-electron chi connectivity index (χ2n) is 6.44. The molecule has 21 heavy (non-hydrogen) atoms. The lowest BCUT2D eigenvalue weighted by Crippen LogP contribution is -2.50. The van der Waals surface area contributed by atoms with E-state index in [1.165, 1.54) is 5.56 Å². The van der Waals surface area contributed by atoms with Gasteiger partial charge in [0.05, 0.1) is 0 Å².